The van der Waals surface area contributed by atoms with Gasteiger partial charge >= 0.3 is 0 Å². The number of nitrogens with one attached hydrogen (secondary N) is 2. The highest BCUT2D eigenvalue weighted by Gasteiger charge is 2.15. The van der Waals surface area contributed by atoms with Gasteiger partial charge < -0.3 is 5.32 Å². The monoisotopic (exact) mass is 441 g/mol. The van der Waals surface area contributed by atoms with E-state index in [9.17, 15) is 4.79 Å². The van der Waals surface area contributed by atoms with E-state index in [-0.39, 0.29) is 5.91 Å². The summed E-state index contributed by atoms with van der Waals surface area (Å²) < 4.78 is 1.76. The van der Waals surface area contributed by atoms with Crippen LogP contribution in [0.2, 0.25) is 0 Å². The summed E-state index contributed by atoms with van der Waals surface area (Å²) in [6.45, 7) is 1.89. The van der Waals surface area contributed by atoms with Crippen LogP contribution in [-0.4, -0.2) is 35.9 Å². The number of amides is 1. The van der Waals surface area contributed by atoms with Crippen LogP contribution in [0.4, 0.5) is 5.69 Å². The minimum Gasteiger partial charge on any atom is -0.322 e. The molecule has 9 heteroatoms. The largest absolute Gasteiger partial charge is 0.322 e. The molecule has 0 aliphatic carbocycles. The van der Waals surface area contributed by atoms with Gasteiger partial charge in [-0.1, -0.05) is 30.3 Å². The van der Waals surface area contributed by atoms with E-state index in [1.807, 2.05) is 61.5 Å². The number of H-pyrrole nitrogens is 1. The fraction of sp³-hybridized carbons (Fsp3) is 0.0870. The van der Waals surface area contributed by atoms with Crippen LogP contribution in [0.25, 0.3) is 16.7 Å². The summed E-state index contributed by atoms with van der Waals surface area (Å²) in [5.41, 5.74) is 4.76. The number of carbonyl (C=O) groups is 1. The first-order valence-corrected chi connectivity index (χ1v) is 10.9. The van der Waals surface area contributed by atoms with E-state index in [2.05, 4.69) is 30.6 Å². The summed E-state index contributed by atoms with van der Waals surface area (Å²) in [5, 5.41) is 16.0. The number of anilines is 1. The van der Waals surface area contributed by atoms with Crippen molar-refractivity contribution >= 4 is 34.4 Å². The molecule has 32 heavy (non-hydrogen) atoms. The fourth-order valence-electron chi connectivity index (χ4n) is 3.41. The molecule has 2 aromatic carbocycles. The number of hydrogen-bond donors (Lipinski definition) is 2. The number of thioether (sulfide) groups is 1. The number of para-hydroxylation sites is 1. The zero-order chi connectivity index (χ0) is 21.9. The smallest absolute Gasteiger partial charge is 0.259 e. The van der Waals surface area contributed by atoms with Gasteiger partial charge in [-0.05, 0) is 36.8 Å². The van der Waals surface area contributed by atoms with Crippen molar-refractivity contribution in [3.05, 3.63) is 90.1 Å². The third-order valence-corrected chi connectivity index (χ3v) is 6.10. The van der Waals surface area contributed by atoms with Crippen LogP contribution in [0.3, 0.4) is 0 Å². The standard InChI is InChI=1S/C23H19N7OS/c1-15-19(12-27-30(15)18-8-3-2-4-9-18)22(31)28-17-7-5-6-16(10-17)13-32-23-20-11-26-29-21(20)24-14-25-23/h2-12,14H,13H2,1H3,(H,28,31)(H,24,25,26,29). The lowest BCUT2D eigenvalue weighted by Crippen LogP contribution is -2.13. The van der Waals surface area contributed by atoms with Gasteiger partial charge in [0.2, 0.25) is 0 Å². The molecule has 3 heterocycles. The van der Waals surface area contributed by atoms with E-state index in [4.69, 9.17) is 0 Å². The lowest BCUT2D eigenvalue weighted by molar-refractivity contribution is 0.102. The maximum absolute atomic E-state index is 12.9. The van der Waals surface area contributed by atoms with Crippen molar-refractivity contribution in [3.63, 3.8) is 0 Å². The molecule has 0 saturated heterocycles. The van der Waals surface area contributed by atoms with Crippen LogP contribution in [0, 0.1) is 6.92 Å². The lowest BCUT2D eigenvalue weighted by Gasteiger charge is -2.08. The highest BCUT2D eigenvalue weighted by Crippen LogP contribution is 2.27. The highest BCUT2D eigenvalue weighted by atomic mass is 32.2. The number of carbonyl (C=O) groups excluding carboxylic acids is 1. The van der Waals surface area contributed by atoms with Crippen molar-refractivity contribution in [2.45, 2.75) is 17.7 Å². The van der Waals surface area contributed by atoms with Crippen molar-refractivity contribution in [1.82, 2.24) is 29.9 Å². The summed E-state index contributed by atoms with van der Waals surface area (Å²) in [7, 11) is 0. The average molecular weight is 442 g/mol. The van der Waals surface area contributed by atoms with E-state index < -0.39 is 0 Å². The second-order valence-electron chi connectivity index (χ2n) is 7.15. The molecule has 0 bridgehead atoms. The summed E-state index contributed by atoms with van der Waals surface area (Å²) in [5.74, 6) is 0.511. The minimum atomic E-state index is -0.189. The molecule has 5 aromatic rings. The number of aromatic nitrogens is 6. The van der Waals surface area contributed by atoms with E-state index in [1.165, 1.54) is 6.33 Å². The van der Waals surface area contributed by atoms with Crippen LogP contribution < -0.4 is 5.32 Å². The molecule has 158 valence electrons. The van der Waals surface area contributed by atoms with Crippen molar-refractivity contribution in [1.29, 1.82) is 0 Å². The predicted octanol–water partition coefficient (Wildman–Crippen LogP) is 4.39. The SMILES string of the molecule is Cc1c(C(=O)Nc2cccc(CSc3ncnc4[nH]ncc34)c2)cnn1-c1ccccc1. The Balaban J connectivity index is 1.29. The van der Waals surface area contributed by atoms with Gasteiger partial charge in [-0.3, -0.25) is 9.89 Å². The van der Waals surface area contributed by atoms with Crippen LogP contribution in [0.15, 0.2) is 78.3 Å². The zero-order valence-electron chi connectivity index (χ0n) is 17.2. The van der Waals surface area contributed by atoms with Crippen molar-refractivity contribution in [3.8, 4) is 5.69 Å². The van der Waals surface area contributed by atoms with Crippen LogP contribution in [0.1, 0.15) is 21.6 Å². The van der Waals surface area contributed by atoms with Crippen LogP contribution in [0.5, 0.6) is 0 Å². The molecule has 5 rings (SSSR count). The Bertz CT molecular complexity index is 1390. The molecular weight excluding hydrogens is 422 g/mol. The topological polar surface area (TPSA) is 101 Å². The van der Waals surface area contributed by atoms with Crippen LogP contribution >= 0.6 is 11.8 Å². The Kier molecular flexibility index (Phi) is 5.39. The van der Waals surface area contributed by atoms with Gasteiger partial charge in [-0.15, -0.1) is 11.8 Å². The molecule has 3 aromatic heterocycles. The van der Waals surface area contributed by atoms with E-state index in [0.717, 1.165) is 38.7 Å². The normalized spacial score (nSPS) is 11.0. The second kappa shape index (κ2) is 8.64. The summed E-state index contributed by atoms with van der Waals surface area (Å²) in [6, 6.07) is 17.5. The Morgan fingerprint density at radius 3 is 2.84 bits per heavy atom. The van der Waals surface area contributed by atoms with Crippen molar-refractivity contribution in [2.75, 3.05) is 5.32 Å². The molecule has 2 N–H and O–H groups in total. The fourth-order valence-corrected chi connectivity index (χ4v) is 4.32. The maximum Gasteiger partial charge on any atom is 0.259 e. The third kappa shape index (κ3) is 3.97. The second-order valence-corrected chi connectivity index (χ2v) is 8.11. The number of rotatable bonds is 6. The molecule has 0 aliphatic rings. The molecular formula is C23H19N7OS. The molecule has 0 unspecified atom stereocenters. The van der Waals surface area contributed by atoms with E-state index in [0.29, 0.717) is 11.3 Å². The number of nitrogens with zero attached hydrogens (tertiary/aromatic N) is 5. The average Bonchev–Trinajstić information content (AvgIpc) is 3.45. The molecule has 0 fully saturated rings. The van der Waals surface area contributed by atoms with Gasteiger partial charge in [-0.2, -0.15) is 10.2 Å². The Morgan fingerprint density at radius 2 is 1.97 bits per heavy atom. The first-order valence-electron chi connectivity index (χ1n) is 9.96. The Hall–Kier alpha value is -3.98. The van der Waals surface area contributed by atoms with E-state index in [1.54, 1.807) is 28.8 Å². The zero-order valence-corrected chi connectivity index (χ0v) is 18.0. The van der Waals surface area contributed by atoms with Gasteiger partial charge in [0.25, 0.3) is 5.91 Å². The molecule has 0 spiro atoms. The van der Waals surface area contributed by atoms with Crippen LogP contribution in [-0.2, 0) is 5.75 Å². The van der Waals surface area contributed by atoms with Gasteiger partial charge in [0.15, 0.2) is 5.65 Å². The molecule has 0 saturated carbocycles. The van der Waals surface area contributed by atoms with E-state index >= 15 is 0 Å². The van der Waals surface area contributed by atoms with Gasteiger partial charge in [0, 0.05) is 11.4 Å². The first kappa shape index (κ1) is 20.0. The predicted molar refractivity (Wildman–Crippen MR) is 124 cm³/mol. The highest BCUT2D eigenvalue weighted by molar-refractivity contribution is 7.98. The molecule has 0 radical (unpaired) electrons. The molecule has 1 amide bonds. The Morgan fingerprint density at radius 1 is 1.09 bits per heavy atom. The number of fused-ring (bicyclic) bond motifs is 1. The first-order chi connectivity index (χ1) is 15.7. The van der Waals surface area contributed by atoms with Gasteiger partial charge in [0.05, 0.1) is 34.7 Å². The van der Waals surface area contributed by atoms with Crippen molar-refractivity contribution < 1.29 is 4.79 Å². The summed E-state index contributed by atoms with van der Waals surface area (Å²) >= 11 is 1.60. The molecule has 0 aliphatic heterocycles. The lowest BCUT2D eigenvalue weighted by atomic mass is 10.2. The third-order valence-electron chi connectivity index (χ3n) is 5.03. The number of aromatic amines is 1. The number of hydrogen-bond acceptors (Lipinski definition) is 6. The Labute approximate surface area is 188 Å². The van der Waals surface area contributed by atoms with Gasteiger partial charge in [0.1, 0.15) is 11.4 Å². The van der Waals surface area contributed by atoms with Crippen molar-refractivity contribution in [2.24, 2.45) is 0 Å². The summed E-state index contributed by atoms with van der Waals surface area (Å²) in [4.78, 5) is 21.4. The molecule has 0 atom stereocenters. The quantitative estimate of drug-likeness (QED) is 0.299. The maximum atomic E-state index is 12.9. The number of benzene rings is 2. The molecule has 8 nitrogen and oxygen atoms in total. The summed E-state index contributed by atoms with van der Waals surface area (Å²) in [6.07, 6.45) is 4.85. The van der Waals surface area contributed by atoms with Gasteiger partial charge in [-0.25, -0.2) is 14.6 Å². The minimum absolute atomic E-state index is 0.189.